The minimum atomic E-state index is -0.489. The van der Waals surface area contributed by atoms with Crippen LogP contribution >= 0.6 is 0 Å². The lowest BCUT2D eigenvalue weighted by Gasteiger charge is -2.15. The van der Waals surface area contributed by atoms with Crippen molar-refractivity contribution in [3.63, 3.8) is 0 Å². The molecule has 7 heteroatoms. The molecule has 7 nitrogen and oxygen atoms in total. The number of aldehydes is 1. The summed E-state index contributed by atoms with van der Waals surface area (Å²) in [4.78, 5) is 58.4. The summed E-state index contributed by atoms with van der Waals surface area (Å²) < 4.78 is 10.9. The van der Waals surface area contributed by atoms with Crippen molar-refractivity contribution in [2.24, 2.45) is 11.8 Å². The molecule has 0 spiro atoms. The topological polar surface area (TPSA) is 104 Å². The molecular weight excluding hydrogens is 472 g/mol. The van der Waals surface area contributed by atoms with E-state index in [2.05, 4.69) is 13.2 Å². The van der Waals surface area contributed by atoms with Gasteiger partial charge in [0.25, 0.3) is 0 Å². The van der Waals surface area contributed by atoms with E-state index in [1.165, 1.54) is 13.8 Å². The summed E-state index contributed by atoms with van der Waals surface area (Å²) in [6.45, 7) is 14.5. The highest BCUT2D eigenvalue weighted by Crippen LogP contribution is 2.33. The highest BCUT2D eigenvalue weighted by molar-refractivity contribution is 5.91. The fourth-order valence-electron chi connectivity index (χ4n) is 4.63. The van der Waals surface area contributed by atoms with E-state index >= 15 is 0 Å². The van der Waals surface area contributed by atoms with Gasteiger partial charge < -0.3 is 19.1 Å². The normalized spacial score (nSPS) is 24.8. The van der Waals surface area contributed by atoms with Crippen LogP contribution in [0.1, 0.15) is 72.6 Å². The third kappa shape index (κ3) is 8.92. The molecule has 2 heterocycles. The van der Waals surface area contributed by atoms with Crippen LogP contribution in [0.25, 0.3) is 0 Å². The molecule has 2 fully saturated rings. The summed E-state index contributed by atoms with van der Waals surface area (Å²) in [5.74, 6) is -1.22. The van der Waals surface area contributed by atoms with E-state index in [1.54, 1.807) is 0 Å². The highest BCUT2D eigenvalue weighted by atomic mass is 16.6. The van der Waals surface area contributed by atoms with Crippen LogP contribution in [-0.2, 0) is 33.4 Å². The second kappa shape index (κ2) is 13.8. The van der Waals surface area contributed by atoms with E-state index in [9.17, 15) is 24.0 Å². The second-order valence-electron chi connectivity index (χ2n) is 10.1. The standard InChI is InChI=1S/C30H38O7/c1-18(15-27-25(12-10-20(3)32)22(5)29(34)36-27)8-7-9-24(17-31)14-19(2)16-28-26(13-11-21(4)33)23(6)30(35)37-28/h9,15-17,25-28H,5-8,10-14H2,1-4H3. The summed E-state index contributed by atoms with van der Waals surface area (Å²) in [7, 11) is 0. The maximum absolute atomic E-state index is 12.0. The van der Waals surface area contributed by atoms with Crippen LogP contribution in [0.2, 0.25) is 0 Å². The number of ether oxygens (including phenoxy) is 2. The zero-order valence-electron chi connectivity index (χ0n) is 22.3. The molecule has 0 N–H and O–H groups in total. The molecular formula is C30H38O7. The van der Waals surface area contributed by atoms with E-state index in [-0.39, 0.29) is 23.4 Å². The first kappa shape index (κ1) is 29.9. The molecule has 0 aromatic rings. The number of carbonyl (C=O) groups excluding carboxylic acids is 5. The average Bonchev–Trinajstić information content (AvgIpc) is 3.23. The predicted molar refractivity (Wildman–Crippen MR) is 140 cm³/mol. The number of esters is 2. The Morgan fingerprint density at radius 1 is 0.784 bits per heavy atom. The number of cyclic esters (lactones) is 2. The van der Waals surface area contributed by atoms with Gasteiger partial charge in [0, 0.05) is 35.8 Å². The van der Waals surface area contributed by atoms with Gasteiger partial charge in [-0.2, -0.15) is 0 Å². The molecule has 0 radical (unpaired) electrons. The lowest BCUT2D eigenvalue weighted by Crippen LogP contribution is -2.15. The Balaban J connectivity index is 1.98. The SMILES string of the molecule is C=C1C(=O)OC(C=C(C)CCC=C(C=O)CC(C)=CC2OC(=O)C(=C)C2CCC(C)=O)C1CCC(C)=O. The molecule has 0 aliphatic carbocycles. The minimum Gasteiger partial charge on any atom is -0.454 e. The van der Waals surface area contributed by atoms with Crippen LogP contribution in [0.5, 0.6) is 0 Å². The molecule has 0 aromatic carbocycles. The number of carbonyl (C=O) groups is 5. The number of hydrogen-bond acceptors (Lipinski definition) is 7. The Hall–Kier alpha value is -3.35. The Morgan fingerprint density at radius 2 is 1.24 bits per heavy atom. The smallest absolute Gasteiger partial charge is 0.334 e. The summed E-state index contributed by atoms with van der Waals surface area (Å²) in [6, 6.07) is 0. The van der Waals surface area contributed by atoms with Crippen LogP contribution in [0.4, 0.5) is 0 Å². The zero-order chi connectivity index (χ0) is 27.7. The molecule has 2 aliphatic rings. The van der Waals surface area contributed by atoms with Crippen LogP contribution in [-0.4, -0.2) is 42.0 Å². The van der Waals surface area contributed by atoms with E-state index < -0.39 is 24.1 Å². The van der Waals surface area contributed by atoms with Crippen LogP contribution in [0.15, 0.2) is 59.3 Å². The van der Waals surface area contributed by atoms with Gasteiger partial charge in [0.05, 0.1) is 0 Å². The highest BCUT2D eigenvalue weighted by Gasteiger charge is 2.38. The van der Waals surface area contributed by atoms with Gasteiger partial charge in [0.15, 0.2) is 0 Å². The zero-order valence-corrected chi connectivity index (χ0v) is 22.3. The second-order valence-corrected chi connectivity index (χ2v) is 10.1. The van der Waals surface area contributed by atoms with E-state index in [1.807, 2.05) is 32.1 Å². The van der Waals surface area contributed by atoms with Gasteiger partial charge in [0.1, 0.15) is 30.1 Å². The molecule has 4 atom stereocenters. The molecule has 200 valence electrons. The van der Waals surface area contributed by atoms with E-state index in [0.29, 0.717) is 61.7 Å². The van der Waals surface area contributed by atoms with Crippen molar-refractivity contribution in [3.05, 3.63) is 59.3 Å². The lowest BCUT2D eigenvalue weighted by atomic mass is 9.89. The third-order valence-corrected chi connectivity index (χ3v) is 6.79. The van der Waals surface area contributed by atoms with E-state index in [4.69, 9.17) is 9.47 Å². The van der Waals surface area contributed by atoms with Gasteiger partial charge in [-0.1, -0.05) is 30.4 Å². The maximum Gasteiger partial charge on any atom is 0.334 e. The van der Waals surface area contributed by atoms with Gasteiger partial charge in [-0.3, -0.25) is 4.79 Å². The van der Waals surface area contributed by atoms with Crippen molar-refractivity contribution in [1.82, 2.24) is 0 Å². The predicted octanol–water partition coefficient (Wildman–Crippen LogP) is 5.11. The first-order chi connectivity index (χ1) is 17.4. The summed E-state index contributed by atoms with van der Waals surface area (Å²) >= 11 is 0. The molecule has 4 unspecified atom stereocenters. The van der Waals surface area contributed by atoms with Crippen molar-refractivity contribution in [2.45, 2.75) is 84.8 Å². The van der Waals surface area contributed by atoms with Crippen molar-refractivity contribution >= 4 is 29.8 Å². The monoisotopic (exact) mass is 510 g/mol. The number of ketones is 2. The van der Waals surface area contributed by atoms with Crippen LogP contribution in [0.3, 0.4) is 0 Å². The average molecular weight is 511 g/mol. The Labute approximate surface area is 219 Å². The molecule has 0 bridgehead atoms. The number of Topliss-reactive ketones (excluding diaryl/α,β-unsaturated/α-hetero) is 2. The van der Waals surface area contributed by atoms with Crippen LogP contribution < -0.4 is 0 Å². The van der Waals surface area contributed by atoms with E-state index in [0.717, 1.165) is 17.4 Å². The molecule has 0 saturated carbocycles. The lowest BCUT2D eigenvalue weighted by molar-refractivity contribution is -0.138. The fourth-order valence-corrected chi connectivity index (χ4v) is 4.63. The summed E-state index contributed by atoms with van der Waals surface area (Å²) in [5, 5.41) is 0. The van der Waals surface area contributed by atoms with Crippen molar-refractivity contribution in [3.8, 4) is 0 Å². The van der Waals surface area contributed by atoms with Gasteiger partial charge >= 0.3 is 11.9 Å². The number of rotatable bonds is 14. The van der Waals surface area contributed by atoms with Crippen molar-refractivity contribution < 1.29 is 33.4 Å². The van der Waals surface area contributed by atoms with Crippen molar-refractivity contribution in [2.75, 3.05) is 0 Å². The van der Waals surface area contributed by atoms with Gasteiger partial charge in [-0.15, -0.1) is 0 Å². The Bertz CT molecular complexity index is 1060. The number of allylic oxidation sites excluding steroid dienone is 4. The fraction of sp³-hybridized carbons (Fsp3) is 0.500. The molecule has 0 amide bonds. The Morgan fingerprint density at radius 3 is 1.68 bits per heavy atom. The molecule has 37 heavy (non-hydrogen) atoms. The quantitative estimate of drug-likeness (QED) is 0.138. The summed E-state index contributed by atoms with van der Waals surface area (Å²) in [6.07, 6.45) is 8.97. The number of hydrogen-bond donors (Lipinski definition) is 0. The third-order valence-electron chi connectivity index (χ3n) is 6.79. The van der Waals surface area contributed by atoms with Crippen LogP contribution in [0, 0.1) is 11.8 Å². The van der Waals surface area contributed by atoms with Crippen molar-refractivity contribution in [1.29, 1.82) is 0 Å². The first-order valence-electron chi connectivity index (χ1n) is 12.7. The van der Waals surface area contributed by atoms with Gasteiger partial charge in [0.2, 0.25) is 0 Å². The molecule has 2 rings (SSSR count). The van der Waals surface area contributed by atoms with Gasteiger partial charge in [-0.25, -0.2) is 9.59 Å². The molecule has 2 saturated heterocycles. The molecule has 2 aliphatic heterocycles. The molecule has 0 aromatic heterocycles. The summed E-state index contributed by atoms with van der Waals surface area (Å²) in [5.41, 5.74) is 3.30. The Kier molecular flexibility index (Phi) is 11.2. The maximum atomic E-state index is 12.0. The minimum absolute atomic E-state index is 0.0460. The largest absolute Gasteiger partial charge is 0.454 e. The first-order valence-corrected chi connectivity index (χ1v) is 12.7. The van der Waals surface area contributed by atoms with Gasteiger partial charge in [-0.05, 0) is 77.5 Å².